The Morgan fingerprint density at radius 2 is 1.78 bits per heavy atom. The van der Waals surface area contributed by atoms with E-state index in [0.717, 1.165) is 36.6 Å². The van der Waals surface area contributed by atoms with Gasteiger partial charge in [0.2, 0.25) is 5.91 Å². The minimum absolute atomic E-state index is 0.0604. The molecule has 0 aromatic heterocycles. The van der Waals surface area contributed by atoms with E-state index in [1.54, 1.807) is 18.2 Å². The first kappa shape index (κ1) is 19.8. The molecule has 0 atom stereocenters. The standard InChI is InChI=1S/C20H19BrClFN2O2/c21-13-6-8-15(16(22)10-13)20(27)24-14-7-9-17(23)18(11-14)25-19(26)12-4-2-1-3-5-12/h6-12H,1-5H2,(H,24,27)(H,25,26). The highest BCUT2D eigenvalue weighted by molar-refractivity contribution is 9.10. The molecule has 4 nitrogen and oxygen atoms in total. The molecule has 7 heteroatoms. The summed E-state index contributed by atoms with van der Waals surface area (Å²) < 4.78 is 14.9. The lowest BCUT2D eigenvalue weighted by atomic mass is 9.88. The van der Waals surface area contributed by atoms with Gasteiger partial charge in [-0.1, -0.05) is 46.8 Å². The van der Waals surface area contributed by atoms with Crippen LogP contribution in [-0.2, 0) is 4.79 Å². The molecule has 2 N–H and O–H groups in total. The van der Waals surface area contributed by atoms with E-state index < -0.39 is 11.7 Å². The van der Waals surface area contributed by atoms with Crippen LogP contribution in [0.4, 0.5) is 15.8 Å². The summed E-state index contributed by atoms with van der Waals surface area (Å²) in [5, 5.41) is 5.64. The number of rotatable bonds is 4. The van der Waals surface area contributed by atoms with Gasteiger partial charge in [-0.2, -0.15) is 0 Å². The fourth-order valence-corrected chi connectivity index (χ4v) is 3.93. The molecule has 0 unspecified atom stereocenters. The fourth-order valence-electron chi connectivity index (χ4n) is 3.17. The Morgan fingerprint density at radius 1 is 1.04 bits per heavy atom. The second-order valence-corrected chi connectivity index (χ2v) is 7.92. The Hall–Kier alpha value is -1.92. The first-order valence-electron chi connectivity index (χ1n) is 8.81. The first-order valence-corrected chi connectivity index (χ1v) is 9.98. The zero-order valence-electron chi connectivity index (χ0n) is 14.5. The number of benzene rings is 2. The molecule has 1 aliphatic rings. The van der Waals surface area contributed by atoms with Crippen LogP contribution in [0.25, 0.3) is 0 Å². The molecule has 2 aromatic carbocycles. The van der Waals surface area contributed by atoms with Gasteiger partial charge in [0.05, 0.1) is 16.3 Å². The van der Waals surface area contributed by atoms with E-state index in [-0.39, 0.29) is 17.5 Å². The topological polar surface area (TPSA) is 58.2 Å². The van der Waals surface area contributed by atoms with Crippen molar-refractivity contribution in [2.45, 2.75) is 32.1 Å². The Bertz CT molecular complexity index is 869. The monoisotopic (exact) mass is 452 g/mol. The van der Waals surface area contributed by atoms with Gasteiger partial charge in [0.1, 0.15) is 5.82 Å². The molecule has 1 aliphatic carbocycles. The minimum Gasteiger partial charge on any atom is -0.323 e. The van der Waals surface area contributed by atoms with Crippen molar-refractivity contribution in [1.82, 2.24) is 0 Å². The number of halogens is 3. The minimum atomic E-state index is -0.543. The molecule has 0 spiro atoms. The van der Waals surface area contributed by atoms with Gasteiger partial charge < -0.3 is 10.6 Å². The van der Waals surface area contributed by atoms with Crippen molar-refractivity contribution in [2.75, 3.05) is 10.6 Å². The molecular weight excluding hydrogens is 435 g/mol. The molecule has 2 aromatic rings. The predicted octanol–water partition coefficient (Wildman–Crippen LogP) is 6.01. The number of hydrogen-bond donors (Lipinski definition) is 2. The van der Waals surface area contributed by atoms with Crippen LogP contribution in [0.3, 0.4) is 0 Å². The number of nitrogens with one attached hydrogen (secondary N) is 2. The van der Waals surface area contributed by atoms with Crippen molar-refractivity contribution in [3.05, 3.63) is 57.3 Å². The summed E-state index contributed by atoms with van der Waals surface area (Å²) in [5.74, 6) is -1.21. The zero-order valence-corrected chi connectivity index (χ0v) is 16.9. The van der Waals surface area contributed by atoms with E-state index >= 15 is 0 Å². The summed E-state index contributed by atoms with van der Waals surface area (Å²) in [7, 11) is 0. The molecule has 27 heavy (non-hydrogen) atoms. The SMILES string of the molecule is O=C(Nc1ccc(F)c(NC(=O)C2CCCCC2)c1)c1ccc(Br)cc1Cl. The molecule has 0 saturated heterocycles. The summed E-state index contributed by atoms with van der Waals surface area (Å²) >= 11 is 9.38. The van der Waals surface area contributed by atoms with Crippen molar-refractivity contribution in [3.8, 4) is 0 Å². The molecule has 0 radical (unpaired) electrons. The van der Waals surface area contributed by atoms with E-state index in [4.69, 9.17) is 11.6 Å². The maximum absolute atomic E-state index is 14.1. The van der Waals surface area contributed by atoms with Crippen LogP contribution in [0.1, 0.15) is 42.5 Å². The summed E-state index contributed by atoms with van der Waals surface area (Å²) in [6.45, 7) is 0. The highest BCUT2D eigenvalue weighted by Gasteiger charge is 2.22. The lowest BCUT2D eigenvalue weighted by Gasteiger charge is -2.21. The lowest BCUT2D eigenvalue weighted by molar-refractivity contribution is -0.120. The van der Waals surface area contributed by atoms with Crippen molar-refractivity contribution >= 4 is 50.7 Å². The quantitative estimate of drug-likeness (QED) is 0.595. The molecule has 0 bridgehead atoms. The van der Waals surface area contributed by atoms with E-state index in [0.29, 0.717) is 16.3 Å². The van der Waals surface area contributed by atoms with Crippen molar-refractivity contribution in [2.24, 2.45) is 5.92 Å². The van der Waals surface area contributed by atoms with Gasteiger partial charge in [-0.05, 0) is 49.2 Å². The molecule has 0 heterocycles. The second kappa shape index (κ2) is 8.85. The molecule has 3 rings (SSSR count). The van der Waals surface area contributed by atoms with Gasteiger partial charge in [-0.3, -0.25) is 9.59 Å². The van der Waals surface area contributed by atoms with Gasteiger partial charge in [0.25, 0.3) is 5.91 Å². The highest BCUT2D eigenvalue weighted by Crippen LogP contribution is 2.27. The van der Waals surface area contributed by atoms with Crippen LogP contribution in [0.15, 0.2) is 40.9 Å². The summed E-state index contributed by atoms with van der Waals surface area (Å²) in [6, 6.07) is 9.00. The van der Waals surface area contributed by atoms with Crippen LogP contribution in [0, 0.1) is 11.7 Å². The van der Waals surface area contributed by atoms with Crippen LogP contribution in [0.5, 0.6) is 0 Å². The number of anilines is 2. The summed E-state index contributed by atoms with van der Waals surface area (Å²) in [6.07, 6.45) is 4.82. The molecule has 2 amide bonds. The van der Waals surface area contributed by atoms with E-state index in [9.17, 15) is 14.0 Å². The van der Waals surface area contributed by atoms with Gasteiger partial charge >= 0.3 is 0 Å². The van der Waals surface area contributed by atoms with Crippen molar-refractivity contribution < 1.29 is 14.0 Å². The third-order valence-corrected chi connectivity index (χ3v) is 5.44. The maximum Gasteiger partial charge on any atom is 0.257 e. The van der Waals surface area contributed by atoms with E-state index in [1.807, 2.05) is 0 Å². The molecule has 1 saturated carbocycles. The average molecular weight is 454 g/mol. The Morgan fingerprint density at radius 3 is 2.48 bits per heavy atom. The third kappa shape index (κ3) is 5.08. The van der Waals surface area contributed by atoms with Crippen LogP contribution >= 0.6 is 27.5 Å². The van der Waals surface area contributed by atoms with E-state index in [1.165, 1.54) is 18.2 Å². The molecule has 142 valence electrons. The number of amides is 2. The Labute approximate surface area is 170 Å². The van der Waals surface area contributed by atoms with Gasteiger partial charge in [-0.15, -0.1) is 0 Å². The average Bonchev–Trinajstić information content (AvgIpc) is 2.65. The fraction of sp³-hybridized carbons (Fsp3) is 0.300. The summed E-state index contributed by atoms with van der Waals surface area (Å²) in [4.78, 5) is 24.8. The van der Waals surface area contributed by atoms with Crippen LogP contribution in [-0.4, -0.2) is 11.8 Å². The second-order valence-electron chi connectivity index (χ2n) is 6.60. The Balaban J connectivity index is 1.72. The molecular formula is C20H19BrClFN2O2. The van der Waals surface area contributed by atoms with Gasteiger partial charge in [0, 0.05) is 16.1 Å². The molecule has 1 fully saturated rings. The number of carbonyl (C=O) groups is 2. The Kier molecular flexibility index (Phi) is 6.50. The zero-order chi connectivity index (χ0) is 19.4. The third-order valence-electron chi connectivity index (χ3n) is 4.63. The van der Waals surface area contributed by atoms with Crippen molar-refractivity contribution in [1.29, 1.82) is 0 Å². The van der Waals surface area contributed by atoms with E-state index in [2.05, 4.69) is 26.6 Å². The van der Waals surface area contributed by atoms with Crippen LogP contribution < -0.4 is 10.6 Å². The largest absolute Gasteiger partial charge is 0.323 e. The van der Waals surface area contributed by atoms with Gasteiger partial charge in [0.15, 0.2) is 0 Å². The predicted molar refractivity (Wildman–Crippen MR) is 109 cm³/mol. The number of hydrogen-bond acceptors (Lipinski definition) is 2. The maximum atomic E-state index is 14.1. The number of carbonyl (C=O) groups excluding carboxylic acids is 2. The smallest absolute Gasteiger partial charge is 0.257 e. The lowest BCUT2D eigenvalue weighted by Crippen LogP contribution is -2.25. The first-order chi connectivity index (χ1) is 12.9. The normalized spacial score (nSPS) is 14.6. The molecule has 0 aliphatic heterocycles. The van der Waals surface area contributed by atoms with Crippen LogP contribution in [0.2, 0.25) is 5.02 Å². The van der Waals surface area contributed by atoms with Crippen molar-refractivity contribution in [3.63, 3.8) is 0 Å². The summed E-state index contributed by atoms with van der Waals surface area (Å²) in [5.41, 5.74) is 0.738. The highest BCUT2D eigenvalue weighted by atomic mass is 79.9. The van der Waals surface area contributed by atoms with Gasteiger partial charge in [-0.25, -0.2) is 4.39 Å².